The highest BCUT2D eigenvalue weighted by atomic mass is 35.5. The lowest BCUT2D eigenvalue weighted by atomic mass is 10.2. The molecule has 1 fully saturated rings. The first-order valence-corrected chi connectivity index (χ1v) is 7.65. The van der Waals surface area contributed by atoms with Gasteiger partial charge >= 0.3 is 0 Å². The van der Waals surface area contributed by atoms with Crippen molar-refractivity contribution in [3.05, 3.63) is 34.7 Å². The van der Waals surface area contributed by atoms with Gasteiger partial charge in [0.1, 0.15) is 11.3 Å². The van der Waals surface area contributed by atoms with E-state index in [-0.39, 0.29) is 5.91 Å². The third-order valence-corrected chi connectivity index (χ3v) is 4.02. The molecule has 23 heavy (non-hydrogen) atoms. The van der Waals surface area contributed by atoms with Crippen LogP contribution in [0.2, 0.25) is 5.02 Å². The molecule has 8 heteroatoms. The molecular formula is C15H14ClN5O2. The molecule has 2 N–H and O–H groups in total. The molecule has 0 aromatic carbocycles. The Morgan fingerprint density at radius 2 is 2.17 bits per heavy atom. The van der Waals surface area contributed by atoms with Gasteiger partial charge in [-0.25, -0.2) is 9.98 Å². The summed E-state index contributed by atoms with van der Waals surface area (Å²) in [6, 6.07) is 1.81. The molecule has 2 aromatic heterocycles. The second kappa shape index (κ2) is 5.68. The van der Waals surface area contributed by atoms with Gasteiger partial charge in [0.2, 0.25) is 5.96 Å². The van der Waals surface area contributed by atoms with Crippen molar-refractivity contribution < 1.29 is 9.53 Å². The van der Waals surface area contributed by atoms with Crippen LogP contribution in [0.5, 0.6) is 0 Å². The van der Waals surface area contributed by atoms with Gasteiger partial charge in [-0.05, 0) is 12.1 Å². The Labute approximate surface area is 137 Å². The average molecular weight is 332 g/mol. The molecule has 0 radical (unpaired) electrons. The number of aromatic amines is 1. The summed E-state index contributed by atoms with van der Waals surface area (Å²) in [5.74, 6) is 0.372. The van der Waals surface area contributed by atoms with E-state index in [4.69, 9.17) is 16.3 Å². The van der Waals surface area contributed by atoms with Gasteiger partial charge in [-0.15, -0.1) is 0 Å². The molecule has 2 aliphatic heterocycles. The van der Waals surface area contributed by atoms with Gasteiger partial charge in [-0.1, -0.05) is 11.6 Å². The zero-order valence-electron chi connectivity index (χ0n) is 12.2. The van der Waals surface area contributed by atoms with Crippen molar-refractivity contribution in [2.24, 2.45) is 4.99 Å². The summed E-state index contributed by atoms with van der Waals surface area (Å²) < 4.78 is 5.31. The highest BCUT2D eigenvalue weighted by Crippen LogP contribution is 2.23. The van der Waals surface area contributed by atoms with Crippen molar-refractivity contribution >= 4 is 40.6 Å². The number of nitrogens with zero attached hydrogens (tertiary/aromatic N) is 3. The number of pyridine rings is 1. The minimum atomic E-state index is -0.212. The second-order valence-electron chi connectivity index (χ2n) is 5.31. The lowest BCUT2D eigenvalue weighted by Crippen LogP contribution is -2.46. The Kier molecular flexibility index (Phi) is 3.51. The third kappa shape index (κ3) is 2.69. The lowest BCUT2D eigenvalue weighted by Gasteiger charge is -2.27. The van der Waals surface area contributed by atoms with Crippen LogP contribution in [0.1, 0.15) is 5.56 Å². The van der Waals surface area contributed by atoms with Crippen LogP contribution in [-0.4, -0.2) is 53.0 Å². The number of ether oxygens (including phenoxy) is 1. The molecule has 0 aliphatic carbocycles. The molecular weight excluding hydrogens is 318 g/mol. The maximum Gasteiger partial charge on any atom is 0.276 e. The number of nitrogens with one attached hydrogen (secondary N) is 2. The number of guanidine groups is 1. The standard InChI is InChI=1S/C15H14ClN5O2/c16-10-6-11-9(7-17-13(11)18-8-10)5-12-14(22)20-15(19-12)21-1-3-23-4-2-21/h5-8H,1-4H2,(H,17,18)(H,19,20,22). The zero-order valence-corrected chi connectivity index (χ0v) is 12.9. The van der Waals surface area contributed by atoms with Gasteiger partial charge in [-0.3, -0.25) is 10.1 Å². The zero-order chi connectivity index (χ0) is 15.8. The van der Waals surface area contributed by atoms with E-state index < -0.39 is 0 Å². The minimum Gasteiger partial charge on any atom is -0.378 e. The van der Waals surface area contributed by atoms with E-state index in [1.165, 1.54) is 0 Å². The Morgan fingerprint density at radius 3 is 3.00 bits per heavy atom. The van der Waals surface area contributed by atoms with Crippen molar-refractivity contribution in [1.82, 2.24) is 20.2 Å². The van der Waals surface area contributed by atoms with E-state index in [9.17, 15) is 4.79 Å². The van der Waals surface area contributed by atoms with Gasteiger partial charge in [0.15, 0.2) is 0 Å². The van der Waals surface area contributed by atoms with Crippen molar-refractivity contribution in [3.8, 4) is 0 Å². The third-order valence-electron chi connectivity index (χ3n) is 3.82. The molecule has 0 unspecified atom stereocenters. The van der Waals surface area contributed by atoms with E-state index in [0.717, 1.165) is 29.7 Å². The molecule has 118 valence electrons. The predicted octanol–water partition coefficient (Wildman–Crippen LogP) is 1.38. The summed E-state index contributed by atoms with van der Waals surface area (Å²) in [6.07, 6.45) is 5.10. The fourth-order valence-corrected chi connectivity index (χ4v) is 2.80. The van der Waals surface area contributed by atoms with Gasteiger partial charge in [0, 0.05) is 36.4 Å². The first-order valence-electron chi connectivity index (χ1n) is 7.28. The number of H-pyrrole nitrogens is 1. The number of amides is 1. The molecule has 2 aromatic rings. The molecule has 7 nitrogen and oxygen atoms in total. The maximum atomic E-state index is 12.2. The smallest absolute Gasteiger partial charge is 0.276 e. The monoisotopic (exact) mass is 331 g/mol. The van der Waals surface area contributed by atoms with Crippen LogP contribution in [0.4, 0.5) is 0 Å². The Bertz CT molecular complexity index is 836. The highest BCUT2D eigenvalue weighted by Gasteiger charge is 2.25. The van der Waals surface area contributed by atoms with Gasteiger partial charge in [-0.2, -0.15) is 0 Å². The average Bonchev–Trinajstić information content (AvgIpc) is 3.13. The number of rotatable bonds is 1. The molecule has 0 bridgehead atoms. The van der Waals surface area contributed by atoms with Crippen molar-refractivity contribution in [1.29, 1.82) is 0 Å². The maximum absolute atomic E-state index is 12.2. The van der Waals surface area contributed by atoms with E-state index in [1.54, 1.807) is 18.5 Å². The summed E-state index contributed by atoms with van der Waals surface area (Å²) >= 11 is 6.00. The summed E-state index contributed by atoms with van der Waals surface area (Å²) in [4.78, 5) is 25.8. The minimum absolute atomic E-state index is 0.212. The van der Waals surface area contributed by atoms with Crippen LogP contribution in [0.15, 0.2) is 29.1 Å². The predicted molar refractivity (Wildman–Crippen MR) is 87.1 cm³/mol. The first-order chi connectivity index (χ1) is 11.2. The van der Waals surface area contributed by atoms with Gasteiger partial charge in [0.25, 0.3) is 5.91 Å². The number of halogens is 1. The fourth-order valence-electron chi connectivity index (χ4n) is 2.65. The number of aromatic nitrogens is 2. The second-order valence-corrected chi connectivity index (χ2v) is 5.75. The summed E-state index contributed by atoms with van der Waals surface area (Å²) in [6.45, 7) is 2.72. The Hall–Kier alpha value is -2.38. The largest absolute Gasteiger partial charge is 0.378 e. The first kappa shape index (κ1) is 14.2. The fraction of sp³-hybridized carbons (Fsp3) is 0.267. The van der Waals surface area contributed by atoms with E-state index in [2.05, 4.69) is 20.3 Å². The number of aliphatic imine (C=N–C) groups is 1. The van der Waals surface area contributed by atoms with Crippen molar-refractivity contribution in [2.75, 3.05) is 26.3 Å². The Morgan fingerprint density at radius 1 is 1.35 bits per heavy atom. The molecule has 1 amide bonds. The summed E-state index contributed by atoms with van der Waals surface area (Å²) in [5.41, 5.74) is 1.91. The van der Waals surface area contributed by atoms with E-state index in [1.807, 2.05) is 11.0 Å². The number of carbonyl (C=O) groups is 1. The Balaban J connectivity index is 1.67. The van der Waals surface area contributed by atoms with Crippen molar-refractivity contribution in [3.63, 3.8) is 0 Å². The highest BCUT2D eigenvalue weighted by molar-refractivity contribution is 6.31. The van der Waals surface area contributed by atoms with Crippen molar-refractivity contribution in [2.45, 2.75) is 0 Å². The van der Waals surface area contributed by atoms with E-state index in [0.29, 0.717) is 29.9 Å². The normalized spacial score (nSPS) is 20.2. The van der Waals surface area contributed by atoms with Crippen LogP contribution >= 0.6 is 11.6 Å². The molecule has 4 heterocycles. The lowest BCUT2D eigenvalue weighted by molar-refractivity contribution is -0.115. The number of carbonyl (C=O) groups excluding carboxylic acids is 1. The summed E-state index contributed by atoms with van der Waals surface area (Å²) in [7, 11) is 0. The van der Waals surface area contributed by atoms with Crippen LogP contribution < -0.4 is 5.32 Å². The van der Waals surface area contributed by atoms with Crippen LogP contribution in [-0.2, 0) is 9.53 Å². The van der Waals surface area contributed by atoms with Crippen LogP contribution in [0.25, 0.3) is 17.1 Å². The van der Waals surface area contributed by atoms with Gasteiger partial charge in [0.05, 0.1) is 18.2 Å². The molecule has 2 aliphatic rings. The summed E-state index contributed by atoms with van der Waals surface area (Å²) in [5, 5.41) is 4.21. The number of hydrogen-bond acceptors (Lipinski definition) is 5. The molecule has 0 spiro atoms. The number of morpholine rings is 1. The van der Waals surface area contributed by atoms with Crippen LogP contribution in [0.3, 0.4) is 0 Å². The van der Waals surface area contributed by atoms with Gasteiger partial charge < -0.3 is 14.6 Å². The quantitative estimate of drug-likeness (QED) is 0.773. The number of hydrogen-bond donors (Lipinski definition) is 2. The molecule has 1 saturated heterocycles. The van der Waals surface area contributed by atoms with E-state index >= 15 is 0 Å². The molecule has 4 rings (SSSR count). The molecule has 0 atom stereocenters. The topological polar surface area (TPSA) is 82.6 Å². The number of fused-ring (bicyclic) bond motifs is 1. The molecule has 0 saturated carbocycles. The van der Waals surface area contributed by atoms with Crippen LogP contribution in [0, 0.1) is 0 Å². The SMILES string of the molecule is O=C1NC(N2CCOCC2)=NC1=Cc1c[nH]c2ncc(Cl)cc12.